The molecule has 5 rings (SSSR count). The first-order chi connectivity index (χ1) is 19.3. The van der Waals surface area contributed by atoms with E-state index in [4.69, 9.17) is 14.2 Å². The molecule has 12 nitrogen and oxygen atoms in total. The van der Waals surface area contributed by atoms with Crippen molar-refractivity contribution in [1.29, 1.82) is 0 Å². The van der Waals surface area contributed by atoms with Crippen LogP contribution in [-0.4, -0.2) is 83.3 Å². The molecule has 0 radical (unpaired) electrons. The summed E-state index contributed by atoms with van der Waals surface area (Å²) in [6.07, 6.45) is -1.87. The van der Waals surface area contributed by atoms with Crippen LogP contribution < -0.4 is 25.2 Å². The van der Waals surface area contributed by atoms with Crippen molar-refractivity contribution in [3.05, 3.63) is 29.8 Å². The van der Waals surface area contributed by atoms with Crippen LogP contribution in [0, 0.1) is 6.92 Å². The largest absolute Gasteiger partial charge is 0.489 e. The van der Waals surface area contributed by atoms with Crippen LogP contribution in [0.4, 0.5) is 35.3 Å². The second-order valence-corrected chi connectivity index (χ2v) is 10.7. The number of pyridine rings is 1. The van der Waals surface area contributed by atoms with E-state index in [0.717, 1.165) is 13.3 Å². The van der Waals surface area contributed by atoms with Gasteiger partial charge in [-0.3, -0.25) is 15.0 Å². The number of anilines is 3. The lowest BCUT2D eigenvalue weighted by Crippen LogP contribution is -2.56. The number of carbonyl (C=O) groups is 2. The number of aryl methyl sites for hydroxylation is 1. The minimum absolute atomic E-state index is 0.164. The molecule has 0 aromatic carbocycles. The summed E-state index contributed by atoms with van der Waals surface area (Å²) < 4.78 is 56.1. The number of nitrogens with one attached hydrogen (secondary N) is 2. The molecule has 2 aromatic rings. The Morgan fingerprint density at radius 3 is 2.71 bits per heavy atom. The van der Waals surface area contributed by atoms with E-state index in [1.165, 1.54) is 11.1 Å². The zero-order valence-electron chi connectivity index (χ0n) is 23.1. The molecule has 3 atom stereocenters. The summed E-state index contributed by atoms with van der Waals surface area (Å²) in [4.78, 5) is 42.4. The van der Waals surface area contributed by atoms with Gasteiger partial charge in [-0.2, -0.15) is 13.2 Å². The van der Waals surface area contributed by atoms with Gasteiger partial charge < -0.3 is 24.4 Å². The molecule has 3 aliphatic rings. The monoisotopic (exact) mass is 579 g/mol. The van der Waals surface area contributed by atoms with Gasteiger partial charge in [0, 0.05) is 13.1 Å². The number of urea groups is 1. The Morgan fingerprint density at radius 2 is 2.05 bits per heavy atom. The summed E-state index contributed by atoms with van der Waals surface area (Å²) in [6, 6.07) is 0.347. The Bertz CT molecular complexity index is 1310. The Hall–Kier alpha value is -3.72. The zero-order chi connectivity index (χ0) is 29.5. The lowest BCUT2D eigenvalue weighted by atomic mass is 9.99. The van der Waals surface area contributed by atoms with Crippen molar-refractivity contribution in [2.75, 3.05) is 41.4 Å². The molecule has 0 unspecified atom stereocenters. The van der Waals surface area contributed by atoms with E-state index in [2.05, 4.69) is 20.3 Å². The van der Waals surface area contributed by atoms with Crippen molar-refractivity contribution in [2.24, 2.45) is 0 Å². The van der Waals surface area contributed by atoms with Crippen molar-refractivity contribution >= 4 is 29.3 Å². The van der Waals surface area contributed by atoms with Crippen molar-refractivity contribution in [3.8, 4) is 5.75 Å². The SMILES string of the molecule is Cc1nc(C(=O)N[C@H](C)C(F)(F)F)nc2c1N1CCC[C@@H](C1)N2C(=O)Nc1ccc(OC[C@@H]2COC(C)(C)O2)cn1. The summed E-state index contributed by atoms with van der Waals surface area (Å²) in [5, 5.41) is 4.64. The van der Waals surface area contributed by atoms with Gasteiger partial charge in [0.25, 0.3) is 5.91 Å². The van der Waals surface area contributed by atoms with Crippen LogP contribution >= 0.6 is 0 Å². The van der Waals surface area contributed by atoms with E-state index < -0.39 is 35.8 Å². The number of alkyl halides is 3. The summed E-state index contributed by atoms with van der Waals surface area (Å²) in [6.45, 7) is 8.06. The minimum atomic E-state index is -4.63. The molecule has 2 aromatic heterocycles. The highest BCUT2D eigenvalue weighted by molar-refractivity contribution is 6.04. The Kier molecular flexibility index (Phi) is 7.68. The normalized spacial score (nSPS) is 22.1. The number of ether oxygens (including phenoxy) is 3. The van der Waals surface area contributed by atoms with Gasteiger partial charge >= 0.3 is 12.2 Å². The van der Waals surface area contributed by atoms with E-state index in [0.29, 0.717) is 43.2 Å². The maximum absolute atomic E-state index is 13.6. The predicted octanol–water partition coefficient (Wildman–Crippen LogP) is 3.41. The second-order valence-electron chi connectivity index (χ2n) is 10.7. The van der Waals surface area contributed by atoms with Crippen LogP contribution in [0.25, 0.3) is 0 Å². The smallest absolute Gasteiger partial charge is 0.408 e. The van der Waals surface area contributed by atoms with Crippen molar-refractivity contribution in [1.82, 2.24) is 20.3 Å². The molecule has 0 aliphatic carbocycles. The maximum Gasteiger partial charge on any atom is 0.408 e. The number of amides is 3. The number of fused-ring (bicyclic) bond motifs is 4. The number of rotatable bonds is 6. The third kappa shape index (κ3) is 6.30. The molecule has 3 amide bonds. The Labute approximate surface area is 234 Å². The molecule has 2 saturated heterocycles. The van der Waals surface area contributed by atoms with Gasteiger partial charge in [-0.05, 0) is 52.7 Å². The Balaban J connectivity index is 1.32. The van der Waals surface area contributed by atoms with E-state index in [-0.39, 0.29) is 30.4 Å². The van der Waals surface area contributed by atoms with Gasteiger partial charge in [-0.15, -0.1) is 0 Å². The molecule has 2 fully saturated rings. The summed E-state index contributed by atoms with van der Waals surface area (Å²) in [7, 11) is 0. The van der Waals surface area contributed by atoms with Crippen LogP contribution in [0.2, 0.25) is 0 Å². The first-order valence-corrected chi connectivity index (χ1v) is 13.3. The summed E-state index contributed by atoms with van der Waals surface area (Å²) in [5.74, 6) is -1.28. The van der Waals surface area contributed by atoms with Crippen LogP contribution in [0.5, 0.6) is 5.75 Å². The van der Waals surface area contributed by atoms with E-state index >= 15 is 0 Å². The standard InChI is InChI=1S/C26H32F3N7O5/c1-14-20-22(34-21(31-14)23(37)32-15(2)26(27,28)29)36(16-6-5-9-35(20)11-16)24(38)33-19-8-7-17(10-30-19)39-12-18-13-40-25(3,4)41-18/h7-8,10,15-16,18H,5-6,9,11-13H2,1-4H3,(H,32,37)(H,30,33,38)/t15-,16+,18-/m1/s1. The predicted molar refractivity (Wildman–Crippen MR) is 141 cm³/mol. The van der Waals surface area contributed by atoms with E-state index in [1.54, 1.807) is 19.1 Å². The zero-order valence-corrected chi connectivity index (χ0v) is 23.1. The lowest BCUT2D eigenvalue weighted by molar-refractivity contribution is -0.149. The topological polar surface area (TPSA) is 131 Å². The first-order valence-electron chi connectivity index (χ1n) is 13.3. The van der Waals surface area contributed by atoms with Gasteiger partial charge in [-0.25, -0.2) is 19.7 Å². The number of hydrogen-bond donors (Lipinski definition) is 2. The van der Waals surface area contributed by atoms with Gasteiger partial charge in [-0.1, -0.05) is 0 Å². The number of nitrogens with zero attached hydrogens (tertiary/aromatic N) is 5. The van der Waals surface area contributed by atoms with Gasteiger partial charge in [0.15, 0.2) is 11.6 Å². The van der Waals surface area contributed by atoms with Crippen LogP contribution in [0.3, 0.4) is 0 Å². The summed E-state index contributed by atoms with van der Waals surface area (Å²) >= 11 is 0. The molecule has 222 valence electrons. The number of aromatic nitrogens is 3. The second kappa shape index (κ2) is 10.9. The van der Waals surface area contributed by atoms with Crippen molar-refractivity contribution in [3.63, 3.8) is 0 Å². The number of halogens is 3. The number of carbonyl (C=O) groups excluding carboxylic acids is 2. The molecule has 3 aliphatic heterocycles. The van der Waals surface area contributed by atoms with Gasteiger partial charge in [0.05, 0.1) is 24.5 Å². The van der Waals surface area contributed by atoms with Crippen molar-refractivity contribution < 1.29 is 37.0 Å². The molecule has 2 bridgehead atoms. The van der Waals surface area contributed by atoms with Gasteiger partial charge in [0.1, 0.15) is 36.0 Å². The van der Waals surface area contributed by atoms with Crippen LogP contribution in [0.1, 0.15) is 49.9 Å². The highest BCUT2D eigenvalue weighted by Gasteiger charge is 2.41. The fourth-order valence-corrected chi connectivity index (χ4v) is 5.08. The molecule has 0 spiro atoms. The molecule has 41 heavy (non-hydrogen) atoms. The highest BCUT2D eigenvalue weighted by Crippen LogP contribution is 2.40. The van der Waals surface area contributed by atoms with Crippen molar-refractivity contribution in [2.45, 2.75) is 70.7 Å². The van der Waals surface area contributed by atoms with Gasteiger partial charge in [0.2, 0.25) is 5.82 Å². The first kappa shape index (κ1) is 28.8. The summed E-state index contributed by atoms with van der Waals surface area (Å²) in [5.41, 5.74) is 0.951. The highest BCUT2D eigenvalue weighted by atomic mass is 19.4. The van der Waals surface area contributed by atoms with E-state index in [9.17, 15) is 22.8 Å². The number of hydrogen-bond acceptors (Lipinski definition) is 9. The fourth-order valence-electron chi connectivity index (χ4n) is 5.08. The Morgan fingerprint density at radius 1 is 1.27 bits per heavy atom. The molecule has 5 heterocycles. The van der Waals surface area contributed by atoms with Crippen LogP contribution in [0.15, 0.2) is 18.3 Å². The fraction of sp³-hybridized carbons (Fsp3) is 0.577. The third-order valence-electron chi connectivity index (χ3n) is 7.08. The minimum Gasteiger partial charge on any atom is -0.489 e. The lowest BCUT2D eigenvalue weighted by Gasteiger charge is -2.46. The quantitative estimate of drug-likeness (QED) is 0.529. The van der Waals surface area contributed by atoms with E-state index in [1.807, 2.05) is 24.1 Å². The molecule has 15 heteroatoms. The average Bonchev–Trinajstić information content (AvgIpc) is 3.25. The molecular formula is C26H32F3N7O5. The molecule has 2 N–H and O–H groups in total. The van der Waals surface area contributed by atoms with Crippen LogP contribution in [-0.2, 0) is 9.47 Å². The maximum atomic E-state index is 13.6. The third-order valence-corrected chi connectivity index (χ3v) is 7.08. The average molecular weight is 580 g/mol. The molecular weight excluding hydrogens is 547 g/mol. The number of piperidine rings is 1. The molecule has 0 saturated carbocycles.